The first kappa shape index (κ1) is 23.5. The number of ether oxygens (including phenoxy) is 2. The SMILES string of the molecule is C1=NCCC=C1COc1ccc(OCc2ccc3ccccc3n2)cc1C1(c2ccccc2)CCCC1. The van der Waals surface area contributed by atoms with Crippen molar-refractivity contribution in [1.82, 2.24) is 4.98 Å². The molecule has 0 atom stereocenters. The van der Waals surface area contributed by atoms with Crippen LogP contribution in [0.4, 0.5) is 0 Å². The number of fused-ring (bicyclic) bond motifs is 1. The zero-order valence-electron chi connectivity index (χ0n) is 21.1. The Labute approximate surface area is 218 Å². The van der Waals surface area contributed by atoms with Crippen LogP contribution in [0.3, 0.4) is 0 Å². The molecule has 2 heterocycles. The monoisotopic (exact) mass is 488 g/mol. The largest absolute Gasteiger partial charge is 0.489 e. The summed E-state index contributed by atoms with van der Waals surface area (Å²) in [7, 11) is 0. The first-order chi connectivity index (χ1) is 18.3. The van der Waals surface area contributed by atoms with Crippen molar-refractivity contribution in [1.29, 1.82) is 0 Å². The molecule has 1 aliphatic heterocycles. The maximum Gasteiger partial charge on any atom is 0.130 e. The molecule has 0 unspecified atom stereocenters. The van der Waals surface area contributed by atoms with E-state index in [1.807, 2.05) is 36.5 Å². The molecule has 0 amide bonds. The van der Waals surface area contributed by atoms with E-state index in [-0.39, 0.29) is 5.41 Å². The Balaban J connectivity index is 1.32. The van der Waals surface area contributed by atoms with Crippen LogP contribution in [0.5, 0.6) is 11.5 Å². The number of benzene rings is 3. The van der Waals surface area contributed by atoms with Crippen LogP contribution in [0, 0.1) is 0 Å². The van der Waals surface area contributed by atoms with Gasteiger partial charge in [-0.25, -0.2) is 4.98 Å². The third-order valence-corrected chi connectivity index (χ3v) is 7.61. The Morgan fingerprint density at radius 1 is 0.784 bits per heavy atom. The van der Waals surface area contributed by atoms with Crippen molar-refractivity contribution in [2.75, 3.05) is 13.2 Å². The zero-order valence-corrected chi connectivity index (χ0v) is 21.1. The van der Waals surface area contributed by atoms with E-state index in [1.54, 1.807) is 0 Å². The molecule has 4 aromatic rings. The molecule has 4 heteroatoms. The van der Waals surface area contributed by atoms with Gasteiger partial charge in [0.2, 0.25) is 0 Å². The van der Waals surface area contributed by atoms with E-state index in [1.165, 1.54) is 24.0 Å². The zero-order chi connectivity index (χ0) is 24.9. The van der Waals surface area contributed by atoms with Crippen LogP contribution < -0.4 is 9.47 Å². The van der Waals surface area contributed by atoms with Gasteiger partial charge in [0.15, 0.2) is 0 Å². The number of rotatable bonds is 8. The Morgan fingerprint density at radius 2 is 1.62 bits per heavy atom. The molecule has 0 radical (unpaired) electrons. The second-order valence-electron chi connectivity index (χ2n) is 9.99. The van der Waals surface area contributed by atoms with Crippen molar-refractivity contribution in [2.45, 2.75) is 44.1 Å². The third kappa shape index (κ3) is 5.01. The fraction of sp³-hybridized carbons (Fsp3) is 0.273. The van der Waals surface area contributed by atoms with Crippen LogP contribution >= 0.6 is 0 Å². The second kappa shape index (κ2) is 10.6. The van der Waals surface area contributed by atoms with E-state index in [0.717, 1.165) is 59.5 Å². The van der Waals surface area contributed by atoms with Gasteiger partial charge in [-0.2, -0.15) is 0 Å². The van der Waals surface area contributed by atoms with Gasteiger partial charge < -0.3 is 9.47 Å². The normalized spacial score (nSPS) is 16.5. The topological polar surface area (TPSA) is 43.7 Å². The highest BCUT2D eigenvalue weighted by atomic mass is 16.5. The molecule has 37 heavy (non-hydrogen) atoms. The molecule has 1 aromatic heterocycles. The highest BCUT2D eigenvalue weighted by Gasteiger charge is 2.39. The summed E-state index contributed by atoms with van der Waals surface area (Å²) >= 11 is 0. The molecule has 0 N–H and O–H groups in total. The molecule has 6 rings (SSSR count). The van der Waals surface area contributed by atoms with Gasteiger partial charge in [-0.1, -0.05) is 73.5 Å². The van der Waals surface area contributed by atoms with Gasteiger partial charge in [0.05, 0.1) is 11.2 Å². The van der Waals surface area contributed by atoms with Gasteiger partial charge >= 0.3 is 0 Å². The molecule has 4 nitrogen and oxygen atoms in total. The van der Waals surface area contributed by atoms with Gasteiger partial charge in [0.25, 0.3) is 0 Å². The van der Waals surface area contributed by atoms with E-state index in [4.69, 9.17) is 14.5 Å². The number of hydrogen-bond acceptors (Lipinski definition) is 4. The molecule has 0 spiro atoms. The van der Waals surface area contributed by atoms with Crippen molar-refractivity contribution < 1.29 is 9.47 Å². The van der Waals surface area contributed by atoms with Crippen molar-refractivity contribution in [3.05, 3.63) is 113 Å². The van der Waals surface area contributed by atoms with Gasteiger partial charge in [0.1, 0.15) is 24.7 Å². The summed E-state index contributed by atoms with van der Waals surface area (Å²) in [6.07, 6.45) is 9.77. The number of dihydropyridines is 1. The number of nitrogens with zero attached hydrogens (tertiary/aromatic N) is 2. The first-order valence-electron chi connectivity index (χ1n) is 13.3. The number of aromatic nitrogens is 1. The summed E-state index contributed by atoms with van der Waals surface area (Å²) < 4.78 is 12.8. The Kier molecular flexibility index (Phi) is 6.72. The molecule has 186 valence electrons. The predicted molar refractivity (Wildman–Crippen MR) is 150 cm³/mol. The number of hydrogen-bond donors (Lipinski definition) is 0. The maximum atomic E-state index is 6.47. The molecule has 3 aromatic carbocycles. The van der Waals surface area contributed by atoms with Crippen molar-refractivity contribution in [3.8, 4) is 11.5 Å². The van der Waals surface area contributed by atoms with E-state index < -0.39 is 0 Å². The lowest BCUT2D eigenvalue weighted by Crippen LogP contribution is -2.25. The van der Waals surface area contributed by atoms with E-state index in [9.17, 15) is 0 Å². The lowest BCUT2D eigenvalue weighted by atomic mass is 9.72. The van der Waals surface area contributed by atoms with Gasteiger partial charge in [-0.05, 0) is 55.2 Å². The van der Waals surface area contributed by atoms with Gasteiger partial charge in [-0.15, -0.1) is 0 Å². The molecular formula is C33H32N2O2. The Hall–Kier alpha value is -3.92. The molecule has 2 aliphatic rings. The average Bonchev–Trinajstić information content (AvgIpc) is 3.47. The van der Waals surface area contributed by atoms with Gasteiger partial charge in [-0.3, -0.25) is 4.99 Å². The van der Waals surface area contributed by atoms with E-state index in [2.05, 4.69) is 65.7 Å². The maximum absolute atomic E-state index is 6.47. The minimum atomic E-state index is -0.0772. The molecule has 0 bridgehead atoms. The fourth-order valence-electron chi connectivity index (χ4n) is 5.71. The molecule has 1 saturated carbocycles. The van der Waals surface area contributed by atoms with Crippen molar-refractivity contribution in [2.24, 2.45) is 4.99 Å². The molecule has 1 fully saturated rings. The number of aliphatic imine (C=N–C) groups is 1. The Morgan fingerprint density at radius 3 is 2.46 bits per heavy atom. The third-order valence-electron chi connectivity index (χ3n) is 7.61. The van der Waals surface area contributed by atoms with Crippen LogP contribution in [-0.2, 0) is 12.0 Å². The quantitative estimate of drug-likeness (QED) is 0.259. The summed E-state index contributed by atoms with van der Waals surface area (Å²) in [6.45, 7) is 1.82. The lowest BCUT2D eigenvalue weighted by Gasteiger charge is -2.32. The fourth-order valence-corrected chi connectivity index (χ4v) is 5.71. The van der Waals surface area contributed by atoms with E-state index in [0.29, 0.717) is 13.2 Å². The summed E-state index contributed by atoms with van der Waals surface area (Å²) in [5.74, 6) is 1.78. The van der Waals surface area contributed by atoms with Crippen molar-refractivity contribution in [3.63, 3.8) is 0 Å². The highest BCUT2D eigenvalue weighted by Crippen LogP contribution is 2.50. The van der Waals surface area contributed by atoms with Crippen LogP contribution in [0.25, 0.3) is 10.9 Å². The summed E-state index contributed by atoms with van der Waals surface area (Å²) in [5, 5.41) is 1.14. The minimum absolute atomic E-state index is 0.0772. The summed E-state index contributed by atoms with van der Waals surface area (Å²) in [5.41, 5.74) is 5.54. The van der Waals surface area contributed by atoms with Gasteiger partial charge in [0, 0.05) is 34.7 Å². The van der Waals surface area contributed by atoms with Crippen LogP contribution in [0.2, 0.25) is 0 Å². The second-order valence-corrected chi connectivity index (χ2v) is 9.99. The van der Waals surface area contributed by atoms with E-state index >= 15 is 0 Å². The van der Waals surface area contributed by atoms with Crippen LogP contribution in [0.1, 0.15) is 48.9 Å². The highest BCUT2D eigenvalue weighted by molar-refractivity contribution is 5.79. The van der Waals surface area contributed by atoms with Crippen LogP contribution in [-0.4, -0.2) is 24.4 Å². The molecule has 0 saturated heterocycles. The average molecular weight is 489 g/mol. The summed E-state index contributed by atoms with van der Waals surface area (Å²) in [4.78, 5) is 9.20. The first-order valence-corrected chi connectivity index (χ1v) is 13.3. The lowest BCUT2D eigenvalue weighted by molar-refractivity contribution is 0.298. The number of para-hydroxylation sites is 1. The Bertz CT molecular complexity index is 1440. The molecular weight excluding hydrogens is 456 g/mol. The van der Waals surface area contributed by atoms with Crippen molar-refractivity contribution >= 4 is 17.1 Å². The van der Waals surface area contributed by atoms with Crippen LogP contribution in [0.15, 0.2) is 102 Å². The minimum Gasteiger partial charge on any atom is -0.489 e. The standard InChI is InChI=1S/C33H32N2O2/c1-2-11-27(12-3-1)33(18-6-7-19-33)30-21-29(16-17-32(30)37-23-25-9-8-20-34-22-25)36-24-28-15-14-26-10-4-5-13-31(26)35-28/h1-5,9-17,21-22H,6-8,18-20,23-24H2. The summed E-state index contributed by atoms with van der Waals surface area (Å²) in [6, 6.07) is 29.5. The predicted octanol–water partition coefficient (Wildman–Crippen LogP) is 7.45. The smallest absolute Gasteiger partial charge is 0.130 e. The number of pyridine rings is 1. The molecule has 1 aliphatic carbocycles.